The minimum absolute atomic E-state index is 0.0469. The van der Waals surface area contributed by atoms with E-state index in [1.807, 2.05) is 21.1 Å². The maximum atomic E-state index is 13.0. The van der Waals surface area contributed by atoms with Crippen molar-refractivity contribution < 1.29 is 38.0 Å². The van der Waals surface area contributed by atoms with E-state index in [-0.39, 0.29) is 18.9 Å². The molecule has 0 saturated carbocycles. The van der Waals surface area contributed by atoms with E-state index in [4.69, 9.17) is 9.05 Å². The first-order valence-electron chi connectivity index (χ1n) is 29.4. The van der Waals surface area contributed by atoms with Crippen molar-refractivity contribution in [2.45, 2.75) is 270 Å². The molecular weight excluding hydrogens is 904 g/mol. The normalized spacial score (nSPS) is 14.9. The highest BCUT2D eigenvalue weighted by Crippen LogP contribution is 2.38. The van der Waals surface area contributed by atoms with Crippen LogP contribution in [-0.4, -0.2) is 79.8 Å². The van der Waals surface area contributed by atoms with Gasteiger partial charge in [-0.3, -0.25) is 9.36 Å². The maximum absolute atomic E-state index is 13.0. The first-order chi connectivity index (χ1) is 34.4. The van der Waals surface area contributed by atoms with Crippen LogP contribution in [-0.2, 0) is 18.4 Å². The quantitative estimate of drug-likeness (QED) is 0.0240. The first-order valence-corrected chi connectivity index (χ1v) is 30.8. The Labute approximate surface area is 438 Å². The summed E-state index contributed by atoms with van der Waals surface area (Å²) in [6, 6.07) is -1.09. The lowest BCUT2D eigenvalue weighted by atomic mass is 10.0. The molecule has 414 valence electrons. The molecule has 3 N–H and O–H groups in total. The van der Waals surface area contributed by atoms with E-state index in [1.165, 1.54) is 148 Å². The van der Waals surface area contributed by atoms with Crippen molar-refractivity contribution in [2.75, 3.05) is 40.9 Å². The molecule has 0 aromatic heterocycles. The predicted molar refractivity (Wildman–Crippen MR) is 303 cm³/mol. The van der Waals surface area contributed by atoms with Crippen molar-refractivity contribution in [1.82, 2.24) is 5.32 Å². The number of rotatable bonds is 53. The minimum Gasteiger partial charge on any atom is -0.756 e. The lowest BCUT2D eigenvalue weighted by Gasteiger charge is -2.31. The van der Waals surface area contributed by atoms with Crippen LogP contribution >= 0.6 is 7.82 Å². The second-order valence-electron chi connectivity index (χ2n) is 21.1. The van der Waals surface area contributed by atoms with E-state index in [2.05, 4.69) is 92.1 Å². The molecule has 4 unspecified atom stereocenters. The Morgan fingerprint density at radius 1 is 0.521 bits per heavy atom. The molecular formula is C61H113N2O7P. The van der Waals surface area contributed by atoms with Gasteiger partial charge >= 0.3 is 0 Å². The molecule has 0 aromatic rings. The van der Waals surface area contributed by atoms with E-state index in [9.17, 15) is 24.5 Å². The number of quaternary nitrogens is 1. The Balaban J connectivity index is 4.06. The SMILES string of the molecule is CC/C=C\C/C=C\C/C=C\C/C=C\C/C=C\CCCCCCCCCCCCCCCCCCCCCC(=O)NC(COP(=O)([O-])OCC[N+](C)(C)C)C(O)C(O)CCC/C=C/CCCCCCCCC. The zero-order valence-corrected chi connectivity index (χ0v) is 47.7. The summed E-state index contributed by atoms with van der Waals surface area (Å²) >= 11 is 0. The van der Waals surface area contributed by atoms with Crippen molar-refractivity contribution in [1.29, 1.82) is 0 Å². The molecule has 0 heterocycles. The van der Waals surface area contributed by atoms with Gasteiger partial charge in [0.05, 0.1) is 39.9 Å². The minimum atomic E-state index is -4.68. The molecule has 0 aliphatic heterocycles. The number of hydrogen-bond acceptors (Lipinski definition) is 7. The van der Waals surface area contributed by atoms with Crippen LogP contribution in [0.2, 0.25) is 0 Å². The monoisotopic (exact) mass is 1020 g/mol. The fraction of sp³-hybridized carbons (Fsp3) is 0.787. The lowest BCUT2D eigenvalue weighted by Crippen LogP contribution is -2.51. The van der Waals surface area contributed by atoms with Gasteiger partial charge < -0.3 is 34.0 Å². The third kappa shape index (κ3) is 52.6. The van der Waals surface area contributed by atoms with E-state index in [0.29, 0.717) is 30.3 Å². The van der Waals surface area contributed by atoms with Gasteiger partial charge in [-0.05, 0) is 83.5 Å². The summed E-state index contributed by atoms with van der Waals surface area (Å²) in [6.45, 7) is 4.30. The van der Waals surface area contributed by atoms with Crippen LogP contribution in [0.1, 0.15) is 251 Å². The van der Waals surface area contributed by atoms with Gasteiger partial charge in [0.1, 0.15) is 19.3 Å². The number of allylic oxidation sites excluding steroid dienone is 12. The summed E-state index contributed by atoms with van der Waals surface area (Å²) < 4.78 is 23.2. The van der Waals surface area contributed by atoms with Gasteiger partial charge in [0, 0.05) is 6.42 Å². The van der Waals surface area contributed by atoms with Crippen molar-refractivity contribution in [3.8, 4) is 0 Å². The van der Waals surface area contributed by atoms with Crippen molar-refractivity contribution >= 4 is 13.7 Å². The molecule has 0 rings (SSSR count). The molecule has 0 aliphatic carbocycles. The number of aliphatic hydroxyl groups excluding tert-OH is 2. The van der Waals surface area contributed by atoms with E-state index < -0.39 is 32.7 Å². The van der Waals surface area contributed by atoms with Gasteiger partial charge in [-0.1, -0.05) is 234 Å². The van der Waals surface area contributed by atoms with Crippen LogP contribution in [0.5, 0.6) is 0 Å². The number of nitrogens with one attached hydrogen (secondary N) is 1. The second kappa shape index (κ2) is 51.4. The molecule has 4 atom stereocenters. The van der Waals surface area contributed by atoms with Crippen molar-refractivity contribution in [3.05, 3.63) is 72.9 Å². The summed E-state index contributed by atoms with van der Waals surface area (Å²) in [4.78, 5) is 25.5. The van der Waals surface area contributed by atoms with Crippen LogP contribution in [0.4, 0.5) is 0 Å². The first kappa shape index (κ1) is 68.9. The summed E-state index contributed by atoms with van der Waals surface area (Å²) in [6.07, 6.45) is 67.0. The summed E-state index contributed by atoms with van der Waals surface area (Å²) in [5.41, 5.74) is 0. The van der Waals surface area contributed by atoms with Crippen LogP contribution in [0, 0.1) is 0 Å². The van der Waals surface area contributed by atoms with E-state index >= 15 is 0 Å². The van der Waals surface area contributed by atoms with E-state index in [0.717, 1.165) is 64.2 Å². The Kier molecular flexibility index (Phi) is 49.9. The Morgan fingerprint density at radius 2 is 0.887 bits per heavy atom. The molecule has 0 saturated heterocycles. The molecule has 71 heavy (non-hydrogen) atoms. The smallest absolute Gasteiger partial charge is 0.268 e. The summed E-state index contributed by atoms with van der Waals surface area (Å²) in [7, 11) is 1.11. The Hall–Kier alpha value is -2.10. The molecule has 0 fully saturated rings. The highest BCUT2D eigenvalue weighted by atomic mass is 31.2. The molecule has 1 amide bonds. The number of hydrogen-bond donors (Lipinski definition) is 3. The number of carbonyl (C=O) groups excluding carboxylic acids is 1. The standard InChI is InChI=1S/C61H113N2O7P/c1-6-8-10-12-14-16-18-20-21-22-23-24-25-26-27-28-29-30-31-32-33-34-35-36-37-38-39-40-41-42-44-46-48-50-52-54-60(65)62-58(57-70-71(67,68)69-56-55-63(3,4)5)61(66)59(64)53-51-49-47-45-43-19-17-15-13-11-9-7-2/h8,10,14,16,20-21,23-24,26-27,45,47,58-59,61,64,66H,6-7,9,11-13,15,17-19,22,25,28-44,46,48-57H2,1-5H3,(H-,62,65,67,68)/b10-8-,16-14-,21-20-,24-23-,27-26-,47-45+. The Morgan fingerprint density at radius 3 is 1.31 bits per heavy atom. The molecule has 10 heteroatoms. The van der Waals surface area contributed by atoms with Gasteiger partial charge in [0.25, 0.3) is 7.82 Å². The average Bonchev–Trinajstić information content (AvgIpc) is 3.33. The highest BCUT2D eigenvalue weighted by molar-refractivity contribution is 7.45. The molecule has 0 radical (unpaired) electrons. The van der Waals surface area contributed by atoms with Gasteiger partial charge in [0.15, 0.2) is 0 Å². The van der Waals surface area contributed by atoms with Crippen molar-refractivity contribution in [2.24, 2.45) is 0 Å². The van der Waals surface area contributed by atoms with E-state index in [1.54, 1.807) is 0 Å². The van der Waals surface area contributed by atoms with Crippen LogP contribution in [0.15, 0.2) is 72.9 Å². The third-order valence-corrected chi connectivity index (χ3v) is 14.0. The number of carbonyl (C=O) groups is 1. The second-order valence-corrected chi connectivity index (χ2v) is 22.5. The fourth-order valence-corrected chi connectivity index (χ4v) is 9.12. The maximum Gasteiger partial charge on any atom is 0.268 e. The van der Waals surface area contributed by atoms with Crippen molar-refractivity contribution in [3.63, 3.8) is 0 Å². The molecule has 0 bridgehead atoms. The number of amides is 1. The molecule has 0 spiro atoms. The van der Waals surface area contributed by atoms with Crippen LogP contribution in [0.25, 0.3) is 0 Å². The third-order valence-electron chi connectivity index (χ3n) is 13.0. The number of aliphatic hydroxyl groups is 2. The van der Waals surface area contributed by atoms with Gasteiger partial charge in [-0.25, -0.2) is 0 Å². The van der Waals surface area contributed by atoms with Gasteiger partial charge in [-0.15, -0.1) is 0 Å². The average molecular weight is 1020 g/mol. The fourth-order valence-electron chi connectivity index (χ4n) is 8.40. The summed E-state index contributed by atoms with van der Waals surface area (Å²) in [5.74, 6) is -0.288. The number of phosphoric acid groups is 1. The number of nitrogens with zero attached hydrogens (tertiary/aromatic N) is 1. The number of unbranched alkanes of at least 4 members (excludes halogenated alkanes) is 27. The van der Waals surface area contributed by atoms with Gasteiger partial charge in [0.2, 0.25) is 5.91 Å². The predicted octanol–water partition coefficient (Wildman–Crippen LogP) is 16.2. The lowest BCUT2D eigenvalue weighted by molar-refractivity contribution is -0.870. The zero-order valence-electron chi connectivity index (χ0n) is 46.8. The van der Waals surface area contributed by atoms with Gasteiger partial charge in [-0.2, -0.15) is 0 Å². The molecule has 0 aliphatic rings. The Bertz CT molecular complexity index is 1400. The topological polar surface area (TPSA) is 128 Å². The molecule has 9 nitrogen and oxygen atoms in total. The van der Waals surface area contributed by atoms with Crippen LogP contribution < -0.4 is 10.2 Å². The molecule has 0 aromatic carbocycles. The highest BCUT2D eigenvalue weighted by Gasteiger charge is 2.29. The van der Waals surface area contributed by atoms with Crippen LogP contribution in [0.3, 0.4) is 0 Å². The largest absolute Gasteiger partial charge is 0.756 e. The zero-order chi connectivity index (χ0) is 52.2. The number of likely N-dealkylation sites (N-methyl/N-ethyl adjacent to an activating group) is 1. The number of phosphoric ester groups is 1. The summed E-state index contributed by atoms with van der Waals surface area (Å²) in [5, 5.41) is 24.7.